The zero-order valence-electron chi connectivity index (χ0n) is 17.5. The molecule has 3 atom stereocenters. The molecule has 2 amide bonds. The second-order valence-corrected chi connectivity index (χ2v) is 8.04. The van der Waals surface area contributed by atoms with E-state index in [0.29, 0.717) is 6.54 Å². The standard InChI is InChI=1S/C23H29N3O4/c1-16-10-11-19(30-16)18(26-12-6-7-13-26)14-24-23(28)22-21(17-8-4-3-5-9-17)25(2)20(27)15-29-22/h3-5,8-11,18,21-22H,6-7,12-15H2,1-2H3,(H,24,28)/t18-,21+,22-/m0/s1. The maximum absolute atomic E-state index is 13.2. The molecule has 0 radical (unpaired) electrons. The summed E-state index contributed by atoms with van der Waals surface area (Å²) in [4.78, 5) is 29.4. The third-order valence-electron chi connectivity index (χ3n) is 6.02. The summed E-state index contributed by atoms with van der Waals surface area (Å²) in [7, 11) is 1.72. The highest BCUT2D eigenvalue weighted by Crippen LogP contribution is 2.30. The van der Waals surface area contributed by atoms with Crippen LogP contribution in [0.2, 0.25) is 0 Å². The number of likely N-dealkylation sites (N-methyl/N-ethyl adjacent to an activating group) is 1. The fourth-order valence-corrected chi connectivity index (χ4v) is 4.37. The molecule has 2 aliphatic rings. The second kappa shape index (κ2) is 9.02. The Hall–Kier alpha value is -2.64. The van der Waals surface area contributed by atoms with Gasteiger partial charge in [0.15, 0.2) is 6.10 Å². The average molecular weight is 412 g/mol. The lowest BCUT2D eigenvalue weighted by molar-refractivity contribution is -0.162. The van der Waals surface area contributed by atoms with Crippen molar-refractivity contribution < 1.29 is 18.7 Å². The molecular weight excluding hydrogens is 382 g/mol. The van der Waals surface area contributed by atoms with Crippen molar-refractivity contribution in [1.82, 2.24) is 15.1 Å². The third kappa shape index (κ3) is 4.27. The number of nitrogens with zero attached hydrogens (tertiary/aromatic N) is 2. The SMILES string of the molecule is Cc1ccc([C@H](CNC(=O)[C@H]2OCC(=O)N(C)[C@@H]2c2ccccc2)N2CCCC2)o1. The average Bonchev–Trinajstić information content (AvgIpc) is 3.43. The van der Waals surface area contributed by atoms with Gasteiger partial charge >= 0.3 is 0 Å². The maximum atomic E-state index is 13.2. The van der Waals surface area contributed by atoms with E-state index in [-0.39, 0.29) is 24.5 Å². The summed E-state index contributed by atoms with van der Waals surface area (Å²) in [5.74, 6) is 1.39. The van der Waals surface area contributed by atoms with E-state index in [1.54, 1.807) is 11.9 Å². The van der Waals surface area contributed by atoms with Crippen LogP contribution in [0.4, 0.5) is 0 Å². The van der Waals surface area contributed by atoms with E-state index in [0.717, 1.165) is 43.0 Å². The number of ether oxygens (including phenoxy) is 1. The Morgan fingerprint density at radius 2 is 1.90 bits per heavy atom. The van der Waals surface area contributed by atoms with Crippen molar-refractivity contribution in [3.8, 4) is 0 Å². The molecule has 2 aromatic rings. The van der Waals surface area contributed by atoms with Gasteiger partial charge in [-0.1, -0.05) is 30.3 Å². The number of rotatable bonds is 6. The molecule has 2 fully saturated rings. The van der Waals surface area contributed by atoms with Crippen molar-refractivity contribution in [3.05, 3.63) is 59.5 Å². The van der Waals surface area contributed by atoms with Crippen LogP contribution in [0.1, 0.15) is 42.0 Å². The number of morpholine rings is 1. The van der Waals surface area contributed by atoms with E-state index < -0.39 is 12.1 Å². The quantitative estimate of drug-likeness (QED) is 0.790. The Kier molecular flexibility index (Phi) is 6.20. The molecule has 4 rings (SSSR count). The van der Waals surface area contributed by atoms with Crippen LogP contribution in [-0.4, -0.2) is 61.0 Å². The van der Waals surface area contributed by atoms with Crippen LogP contribution in [0.5, 0.6) is 0 Å². The summed E-state index contributed by atoms with van der Waals surface area (Å²) in [6.45, 7) is 4.25. The van der Waals surface area contributed by atoms with Crippen molar-refractivity contribution in [1.29, 1.82) is 0 Å². The number of benzene rings is 1. The molecule has 7 heteroatoms. The number of aryl methyl sites for hydroxylation is 1. The van der Waals surface area contributed by atoms with Crippen molar-refractivity contribution in [2.75, 3.05) is 33.3 Å². The van der Waals surface area contributed by atoms with Crippen LogP contribution in [0, 0.1) is 6.92 Å². The van der Waals surface area contributed by atoms with E-state index in [4.69, 9.17) is 9.15 Å². The molecule has 2 saturated heterocycles. The fourth-order valence-electron chi connectivity index (χ4n) is 4.37. The Labute approximate surface area is 177 Å². The topological polar surface area (TPSA) is 75.0 Å². The first-order valence-electron chi connectivity index (χ1n) is 10.5. The molecule has 1 aromatic carbocycles. The van der Waals surface area contributed by atoms with Crippen LogP contribution in [0.15, 0.2) is 46.9 Å². The molecule has 30 heavy (non-hydrogen) atoms. The zero-order chi connectivity index (χ0) is 21.1. The van der Waals surface area contributed by atoms with E-state index >= 15 is 0 Å². The van der Waals surface area contributed by atoms with Gasteiger partial charge in [0.1, 0.15) is 18.1 Å². The van der Waals surface area contributed by atoms with Crippen LogP contribution >= 0.6 is 0 Å². The van der Waals surface area contributed by atoms with Crippen LogP contribution in [0.25, 0.3) is 0 Å². The summed E-state index contributed by atoms with van der Waals surface area (Å²) in [6, 6.07) is 13.0. The van der Waals surface area contributed by atoms with Gasteiger partial charge in [-0.15, -0.1) is 0 Å². The molecule has 7 nitrogen and oxygen atoms in total. The van der Waals surface area contributed by atoms with E-state index in [1.807, 2.05) is 49.4 Å². The highest BCUT2D eigenvalue weighted by molar-refractivity contribution is 5.86. The second-order valence-electron chi connectivity index (χ2n) is 8.04. The molecule has 0 bridgehead atoms. The summed E-state index contributed by atoms with van der Waals surface area (Å²) in [5, 5.41) is 3.07. The third-order valence-corrected chi connectivity index (χ3v) is 6.02. The Bertz CT molecular complexity index is 876. The van der Waals surface area contributed by atoms with Gasteiger partial charge in [0.2, 0.25) is 5.91 Å². The van der Waals surface area contributed by atoms with Gasteiger partial charge in [-0.25, -0.2) is 0 Å². The molecule has 0 spiro atoms. The van der Waals surface area contributed by atoms with E-state index in [1.165, 1.54) is 0 Å². The fraction of sp³-hybridized carbons (Fsp3) is 0.478. The van der Waals surface area contributed by atoms with Crippen LogP contribution < -0.4 is 5.32 Å². The van der Waals surface area contributed by atoms with Gasteiger partial charge < -0.3 is 19.4 Å². The highest BCUT2D eigenvalue weighted by Gasteiger charge is 2.40. The summed E-state index contributed by atoms with van der Waals surface area (Å²) in [6.07, 6.45) is 1.55. The lowest BCUT2D eigenvalue weighted by Gasteiger charge is -2.38. The molecule has 1 N–H and O–H groups in total. The monoisotopic (exact) mass is 411 g/mol. The first-order chi connectivity index (χ1) is 14.5. The van der Waals surface area contributed by atoms with Gasteiger partial charge in [-0.2, -0.15) is 0 Å². The molecule has 1 aromatic heterocycles. The number of nitrogens with one attached hydrogen (secondary N) is 1. The lowest BCUT2D eigenvalue weighted by atomic mass is 9.97. The zero-order valence-corrected chi connectivity index (χ0v) is 17.5. The molecule has 0 saturated carbocycles. The number of amides is 2. The normalized spacial score (nSPS) is 23.5. The predicted molar refractivity (Wildman–Crippen MR) is 112 cm³/mol. The van der Waals surface area contributed by atoms with Gasteiger partial charge in [-0.3, -0.25) is 14.5 Å². The first-order valence-corrected chi connectivity index (χ1v) is 10.5. The number of furan rings is 1. The lowest BCUT2D eigenvalue weighted by Crippen LogP contribution is -2.53. The van der Waals surface area contributed by atoms with Gasteiger partial charge in [0.05, 0.1) is 12.1 Å². The van der Waals surface area contributed by atoms with Crippen molar-refractivity contribution >= 4 is 11.8 Å². The van der Waals surface area contributed by atoms with Crippen molar-refractivity contribution in [2.45, 2.75) is 38.0 Å². The minimum absolute atomic E-state index is 0.0109. The first kappa shape index (κ1) is 20.6. The maximum Gasteiger partial charge on any atom is 0.251 e. The molecule has 0 unspecified atom stereocenters. The van der Waals surface area contributed by atoms with E-state index in [9.17, 15) is 9.59 Å². The Morgan fingerprint density at radius 3 is 2.57 bits per heavy atom. The van der Waals surface area contributed by atoms with Crippen LogP contribution in [0.3, 0.4) is 0 Å². The van der Waals surface area contributed by atoms with Crippen molar-refractivity contribution in [2.24, 2.45) is 0 Å². The van der Waals surface area contributed by atoms with Gasteiger partial charge in [-0.05, 0) is 50.6 Å². The Morgan fingerprint density at radius 1 is 1.17 bits per heavy atom. The number of hydrogen-bond acceptors (Lipinski definition) is 5. The smallest absolute Gasteiger partial charge is 0.251 e. The van der Waals surface area contributed by atoms with E-state index in [2.05, 4.69) is 10.2 Å². The summed E-state index contributed by atoms with van der Waals surface area (Å²) >= 11 is 0. The molecule has 2 aliphatic heterocycles. The summed E-state index contributed by atoms with van der Waals surface area (Å²) in [5.41, 5.74) is 0.881. The minimum atomic E-state index is -0.757. The molecule has 3 heterocycles. The highest BCUT2D eigenvalue weighted by atomic mass is 16.5. The van der Waals surface area contributed by atoms with Gasteiger partial charge in [0.25, 0.3) is 5.91 Å². The van der Waals surface area contributed by atoms with Crippen LogP contribution in [-0.2, 0) is 14.3 Å². The Balaban J connectivity index is 1.50. The predicted octanol–water partition coefficient (Wildman–Crippen LogP) is 2.44. The molecule has 0 aliphatic carbocycles. The number of carbonyl (C=O) groups excluding carboxylic acids is 2. The largest absolute Gasteiger partial charge is 0.465 e. The molecular formula is C23H29N3O4. The number of hydrogen-bond donors (Lipinski definition) is 1. The van der Waals surface area contributed by atoms with Gasteiger partial charge in [0, 0.05) is 13.6 Å². The summed E-state index contributed by atoms with van der Waals surface area (Å²) < 4.78 is 11.6. The molecule has 160 valence electrons. The van der Waals surface area contributed by atoms with Crippen molar-refractivity contribution in [3.63, 3.8) is 0 Å². The minimum Gasteiger partial charge on any atom is -0.465 e. The number of carbonyl (C=O) groups is 2. The number of likely N-dealkylation sites (tertiary alicyclic amines) is 1.